The van der Waals surface area contributed by atoms with Gasteiger partial charge in [0.15, 0.2) is 0 Å². The Labute approximate surface area is 306 Å². The fourth-order valence-electron chi connectivity index (χ4n) is 8.70. The lowest BCUT2D eigenvalue weighted by Crippen LogP contribution is -1.94. The number of fused-ring (bicyclic) bond motifs is 12. The summed E-state index contributed by atoms with van der Waals surface area (Å²) in [5.41, 5.74) is 9.79. The summed E-state index contributed by atoms with van der Waals surface area (Å²) in [5.74, 6) is 0. The molecular formula is C48H28N2S2. The second-order valence-electron chi connectivity index (χ2n) is 13.7. The van der Waals surface area contributed by atoms with Gasteiger partial charge in [0.25, 0.3) is 0 Å². The monoisotopic (exact) mass is 696 g/mol. The molecule has 4 aromatic heterocycles. The molecule has 0 aliphatic rings. The maximum atomic E-state index is 2.48. The molecule has 4 heterocycles. The first-order valence-corrected chi connectivity index (χ1v) is 19.3. The number of benzene rings is 8. The van der Waals surface area contributed by atoms with Gasteiger partial charge in [-0.15, -0.1) is 22.7 Å². The van der Waals surface area contributed by atoms with Crippen LogP contribution in [0.2, 0.25) is 0 Å². The highest BCUT2D eigenvalue weighted by atomic mass is 32.1. The molecule has 0 bridgehead atoms. The number of hydrogen-bond donors (Lipinski definition) is 0. The van der Waals surface area contributed by atoms with Crippen LogP contribution in [-0.2, 0) is 0 Å². The fraction of sp³-hybridized carbons (Fsp3) is 0. The molecule has 242 valence electrons. The summed E-state index contributed by atoms with van der Waals surface area (Å²) in [6.45, 7) is 0. The summed E-state index contributed by atoms with van der Waals surface area (Å²) in [4.78, 5) is 0. The minimum atomic E-state index is 1.19. The van der Waals surface area contributed by atoms with E-state index in [1.54, 1.807) is 0 Å². The van der Waals surface area contributed by atoms with E-state index in [0.29, 0.717) is 0 Å². The SMILES string of the molecule is c1ccc2c(c1)sc1ccc(-n3c4ccccc4c4c(-c5ccc6c(c5)c5ccccc5n6-c5cccc6c5sc5ccccc56)cccc43)cc12. The van der Waals surface area contributed by atoms with Crippen molar-refractivity contribution in [1.82, 2.24) is 9.13 Å². The van der Waals surface area contributed by atoms with Crippen molar-refractivity contribution in [3.8, 4) is 22.5 Å². The summed E-state index contributed by atoms with van der Waals surface area (Å²) in [7, 11) is 0. The lowest BCUT2D eigenvalue weighted by molar-refractivity contribution is 1.19. The van der Waals surface area contributed by atoms with Crippen LogP contribution < -0.4 is 0 Å². The first-order valence-electron chi connectivity index (χ1n) is 17.7. The summed E-state index contributed by atoms with van der Waals surface area (Å²) < 4.78 is 10.2. The predicted molar refractivity (Wildman–Crippen MR) is 226 cm³/mol. The van der Waals surface area contributed by atoms with Gasteiger partial charge < -0.3 is 9.13 Å². The van der Waals surface area contributed by atoms with Crippen LogP contribution in [0.1, 0.15) is 0 Å². The maximum absolute atomic E-state index is 2.48. The van der Waals surface area contributed by atoms with Gasteiger partial charge in [0.05, 0.1) is 32.5 Å². The van der Waals surface area contributed by atoms with Gasteiger partial charge in [0.2, 0.25) is 0 Å². The Kier molecular flexibility index (Phi) is 5.84. The van der Waals surface area contributed by atoms with Crippen LogP contribution in [-0.4, -0.2) is 9.13 Å². The molecule has 0 spiro atoms. The van der Waals surface area contributed by atoms with Crippen LogP contribution in [0.15, 0.2) is 170 Å². The van der Waals surface area contributed by atoms with E-state index < -0.39 is 0 Å². The normalized spacial score (nSPS) is 12.2. The highest BCUT2D eigenvalue weighted by molar-refractivity contribution is 7.26. The lowest BCUT2D eigenvalue weighted by Gasteiger charge is -2.11. The number of para-hydroxylation sites is 2. The minimum Gasteiger partial charge on any atom is -0.309 e. The standard InChI is InChI=1S/C48H28N2S2/c1-5-17-39-32(11-1)37-27-29(23-25-41(37)50(39)43-20-10-16-35-33-12-3-8-22-45(33)52-48(35)43)31-15-9-19-42-47(31)36-14-2-6-18-40(36)49(42)30-24-26-46-38(28-30)34-13-4-7-21-44(34)51-46/h1-28H. The van der Waals surface area contributed by atoms with Gasteiger partial charge >= 0.3 is 0 Å². The average Bonchev–Trinajstić information content (AvgIpc) is 3.95. The Morgan fingerprint density at radius 1 is 0.346 bits per heavy atom. The van der Waals surface area contributed by atoms with E-state index in [1.165, 1.54) is 106 Å². The van der Waals surface area contributed by atoms with Crippen LogP contribution in [0.4, 0.5) is 0 Å². The van der Waals surface area contributed by atoms with Crippen molar-refractivity contribution < 1.29 is 0 Å². The summed E-state index contributed by atoms with van der Waals surface area (Å²) in [5, 5.41) is 10.4. The van der Waals surface area contributed by atoms with Crippen molar-refractivity contribution in [2.24, 2.45) is 0 Å². The Hall–Kier alpha value is -6.20. The molecule has 0 aliphatic carbocycles. The number of thiophene rings is 2. The van der Waals surface area contributed by atoms with Crippen molar-refractivity contribution in [2.45, 2.75) is 0 Å². The van der Waals surface area contributed by atoms with E-state index in [-0.39, 0.29) is 0 Å². The summed E-state index contributed by atoms with van der Waals surface area (Å²) >= 11 is 3.75. The molecule has 0 fully saturated rings. The van der Waals surface area contributed by atoms with E-state index in [2.05, 4.69) is 179 Å². The third kappa shape index (κ3) is 3.88. The zero-order valence-corrected chi connectivity index (χ0v) is 29.5. The van der Waals surface area contributed by atoms with Gasteiger partial charge in [0, 0.05) is 62.9 Å². The highest BCUT2D eigenvalue weighted by Crippen LogP contribution is 2.44. The lowest BCUT2D eigenvalue weighted by atomic mass is 9.98. The minimum absolute atomic E-state index is 1.19. The zero-order chi connectivity index (χ0) is 33.9. The molecule has 52 heavy (non-hydrogen) atoms. The number of nitrogens with zero attached hydrogens (tertiary/aromatic N) is 2. The molecule has 0 amide bonds. The van der Waals surface area contributed by atoms with Gasteiger partial charge in [-0.3, -0.25) is 0 Å². The van der Waals surface area contributed by atoms with Crippen molar-refractivity contribution in [2.75, 3.05) is 0 Å². The summed E-state index contributed by atoms with van der Waals surface area (Å²) in [6.07, 6.45) is 0. The number of aromatic nitrogens is 2. The third-order valence-corrected chi connectivity index (χ3v) is 13.3. The number of hydrogen-bond acceptors (Lipinski definition) is 2. The molecule has 12 rings (SSSR count). The average molecular weight is 697 g/mol. The topological polar surface area (TPSA) is 9.86 Å². The highest BCUT2D eigenvalue weighted by Gasteiger charge is 2.20. The fourth-order valence-corrected chi connectivity index (χ4v) is 11.0. The van der Waals surface area contributed by atoms with Crippen LogP contribution in [0, 0.1) is 0 Å². The molecule has 0 N–H and O–H groups in total. The van der Waals surface area contributed by atoms with Crippen LogP contribution in [0.25, 0.3) is 106 Å². The molecule has 2 nitrogen and oxygen atoms in total. The van der Waals surface area contributed by atoms with Gasteiger partial charge in [-0.25, -0.2) is 0 Å². The van der Waals surface area contributed by atoms with E-state index in [4.69, 9.17) is 0 Å². The van der Waals surface area contributed by atoms with Crippen molar-refractivity contribution in [3.05, 3.63) is 170 Å². The van der Waals surface area contributed by atoms with Crippen molar-refractivity contribution in [1.29, 1.82) is 0 Å². The molecule has 0 aliphatic heterocycles. The van der Waals surface area contributed by atoms with Crippen LogP contribution in [0.5, 0.6) is 0 Å². The Bertz CT molecular complexity index is 3420. The summed E-state index contributed by atoms with van der Waals surface area (Å²) in [6, 6.07) is 62.9. The van der Waals surface area contributed by atoms with E-state index in [0.717, 1.165) is 0 Å². The molecule has 0 atom stereocenters. The molecule has 12 aromatic rings. The van der Waals surface area contributed by atoms with Crippen molar-refractivity contribution in [3.63, 3.8) is 0 Å². The van der Waals surface area contributed by atoms with E-state index in [9.17, 15) is 0 Å². The smallest absolute Gasteiger partial charge is 0.0640 e. The maximum Gasteiger partial charge on any atom is 0.0640 e. The Morgan fingerprint density at radius 2 is 0.962 bits per heavy atom. The van der Waals surface area contributed by atoms with Gasteiger partial charge in [-0.05, 0) is 77.9 Å². The predicted octanol–water partition coefficient (Wildman–Crippen LogP) is 14.3. The first-order chi connectivity index (χ1) is 25.8. The van der Waals surface area contributed by atoms with Gasteiger partial charge in [-0.2, -0.15) is 0 Å². The molecule has 0 saturated heterocycles. The number of rotatable bonds is 3. The molecular weight excluding hydrogens is 669 g/mol. The Morgan fingerprint density at radius 3 is 1.81 bits per heavy atom. The second-order valence-corrected chi connectivity index (χ2v) is 15.8. The largest absolute Gasteiger partial charge is 0.309 e. The Balaban J connectivity index is 1.10. The first kappa shape index (κ1) is 28.5. The molecule has 8 aromatic carbocycles. The molecule has 0 saturated carbocycles. The molecule has 4 heteroatoms. The van der Waals surface area contributed by atoms with Gasteiger partial charge in [0.1, 0.15) is 0 Å². The van der Waals surface area contributed by atoms with Crippen molar-refractivity contribution >= 4 is 107 Å². The van der Waals surface area contributed by atoms with Crippen LogP contribution in [0.3, 0.4) is 0 Å². The van der Waals surface area contributed by atoms with Crippen LogP contribution >= 0.6 is 22.7 Å². The third-order valence-electron chi connectivity index (χ3n) is 10.9. The second kappa shape index (κ2) is 10.7. The van der Waals surface area contributed by atoms with E-state index in [1.807, 2.05) is 22.7 Å². The molecule has 0 radical (unpaired) electrons. The van der Waals surface area contributed by atoms with E-state index >= 15 is 0 Å². The van der Waals surface area contributed by atoms with Gasteiger partial charge in [-0.1, -0.05) is 103 Å². The zero-order valence-electron chi connectivity index (χ0n) is 27.9. The molecule has 0 unspecified atom stereocenters. The quantitative estimate of drug-likeness (QED) is 0.174.